The lowest BCUT2D eigenvalue weighted by Gasteiger charge is -2.49. The largest absolute Gasteiger partial charge is 0.458 e. The van der Waals surface area contributed by atoms with Crippen molar-refractivity contribution in [2.24, 2.45) is 0 Å². The molecular formula is C80H58B2N4OS. The SMILES string of the molecule is Cc1ccc(-c2cccc(-c3ccc(C)cc3)c2N2C3=CC4Sc5cc(N(c6ccccc6)c6ccccc6)cc6c5B(c5ccccc5N6c5ccccc5)C4C=C3B3c4ccccc4Oc4cc(N(c5ccccc5)c5ccccc5)cc2c43)cc1. The number of fused-ring (bicyclic) bond motifs is 8. The maximum absolute atomic E-state index is 7.41. The van der Waals surface area contributed by atoms with Gasteiger partial charge in [0.1, 0.15) is 11.5 Å². The van der Waals surface area contributed by atoms with Crippen LogP contribution in [0, 0.1) is 13.8 Å². The van der Waals surface area contributed by atoms with Gasteiger partial charge in [-0.1, -0.05) is 211 Å². The van der Waals surface area contributed by atoms with Gasteiger partial charge in [-0.3, -0.25) is 0 Å². The van der Waals surface area contributed by atoms with Crippen molar-refractivity contribution in [3.63, 3.8) is 0 Å². The quantitative estimate of drug-likeness (QED) is 0.126. The zero-order chi connectivity index (χ0) is 58.4. The number of aryl methyl sites for hydroxylation is 2. The van der Waals surface area contributed by atoms with Crippen LogP contribution in [0.5, 0.6) is 11.5 Å². The lowest BCUT2D eigenvalue weighted by molar-refractivity contribution is 0.487. The van der Waals surface area contributed by atoms with Crippen LogP contribution in [0.4, 0.5) is 62.6 Å². The van der Waals surface area contributed by atoms with E-state index in [1.807, 2.05) is 11.8 Å². The summed E-state index contributed by atoms with van der Waals surface area (Å²) in [6.45, 7) is 4.22. The highest BCUT2D eigenvalue weighted by atomic mass is 32.2. The highest BCUT2D eigenvalue weighted by molar-refractivity contribution is 8.00. The molecule has 5 aliphatic rings. The first-order chi connectivity index (χ1) is 43.5. The molecule has 5 nitrogen and oxygen atoms in total. The number of ether oxygens (including phenoxy) is 1. The van der Waals surface area contributed by atoms with Crippen LogP contribution in [-0.2, 0) is 0 Å². The van der Waals surface area contributed by atoms with Crippen LogP contribution >= 0.6 is 11.8 Å². The maximum atomic E-state index is 7.41. The van der Waals surface area contributed by atoms with Gasteiger partial charge in [-0.15, -0.1) is 11.8 Å². The number of thioether (sulfide) groups is 1. The van der Waals surface area contributed by atoms with Gasteiger partial charge in [0, 0.05) is 84.2 Å². The summed E-state index contributed by atoms with van der Waals surface area (Å²) in [7, 11) is 0. The van der Waals surface area contributed by atoms with Gasteiger partial charge in [0.25, 0.3) is 6.71 Å². The Kier molecular flexibility index (Phi) is 12.5. The first kappa shape index (κ1) is 52.0. The minimum Gasteiger partial charge on any atom is -0.458 e. The molecule has 0 aromatic heterocycles. The maximum Gasteiger partial charge on any atom is 0.255 e. The van der Waals surface area contributed by atoms with Gasteiger partial charge in [-0.2, -0.15) is 0 Å². The fourth-order valence-corrected chi connectivity index (χ4v) is 16.0. The molecule has 416 valence electrons. The van der Waals surface area contributed by atoms with Crippen LogP contribution in [0.1, 0.15) is 11.1 Å². The van der Waals surface area contributed by atoms with E-state index in [0.29, 0.717) is 0 Å². The van der Waals surface area contributed by atoms with E-state index >= 15 is 0 Å². The Labute approximate surface area is 519 Å². The summed E-state index contributed by atoms with van der Waals surface area (Å²) < 4.78 is 7.41. The van der Waals surface area contributed by atoms with Crippen molar-refractivity contribution in [3.05, 3.63) is 326 Å². The molecule has 8 heteroatoms. The summed E-state index contributed by atoms with van der Waals surface area (Å²) >= 11 is 2.02. The Morgan fingerprint density at radius 3 is 1.45 bits per heavy atom. The fourth-order valence-electron chi connectivity index (χ4n) is 14.5. The second-order valence-electron chi connectivity index (χ2n) is 23.6. The van der Waals surface area contributed by atoms with Crippen LogP contribution in [0.3, 0.4) is 0 Å². The minimum absolute atomic E-state index is 0.0128. The van der Waals surface area contributed by atoms with Crippen LogP contribution in [0.15, 0.2) is 319 Å². The van der Waals surface area contributed by atoms with E-state index in [-0.39, 0.29) is 24.5 Å². The van der Waals surface area contributed by atoms with Crippen molar-refractivity contribution < 1.29 is 4.74 Å². The van der Waals surface area contributed by atoms with Gasteiger partial charge < -0.3 is 24.3 Å². The van der Waals surface area contributed by atoms with E-state index in [0.717, 1.165) is 90.4 Å². The summed E-state index contributed by atoms with van der Waals surface area (Å²) in [6, 6.07) is 107. The summed E-state index contributed by atoms with van der Waals surface area (Å²) in [6.07, 6.45) is 5.41. The molecule has 2 unspecified atom stereocenters. The van der Waals surface area contributed by atoms with E-state index < -0.39 is 0 Å². The molecule has 88 heavy (non-hydrogen) atoms. The van der Waals surface area contributed by atoms with Gasteiger partial charge in [-0.05, 0) is 155 Å². The number of nitrogens with zero attached hydrogens (tertiary/aromatic N) is 4. The molecule has 2 atom stereocenters. The van der Waals surface area contributed by atoms with Crippen molar-refractivity contribution in [1.29, 1.82) is 0 Å². The summed E-state index contributed by atoms with van der Waals surface area (Å²) in [4.78, 5) is 11.3. The summed E-state index contributed by atoms with van der Waals surface area (Å²) in [5, 5.41) is 0.0128. The minimum atomic E-state index is -0.151. The molecule has 0 N–H and O–H groups in total. The number of hydrogen-bond acceptors (Lipinski definition) is 6. The Bertz CT molecular complexity index is 4590. The number of benzene rings is 12. The Balaban J connectivity index is 0.966. The van der Waals surface area contributed by atoms with E-state index in [4.69, 9.17) is 4.74 Å². The van der Waals surface area contributed by atoms with Crippen LogP contribution in [0.25, 0.3) is 22.3 Å². The van der Waals surface area contributed by atoms with Crippen LogP contribution in [-0.4, -0.2) is 18.7 Å². The molecule has 0 spiro atoms. The van der Waals surface area contributed by atoms with Gasteiger partial charge in [0.15, 0.2) is 0 Å². The van der Waals surface area contributed by atoms with Crippen molar-refractivity contribution in [2.45, 2.75) is 29.8 Å². The van der Waals surface area contributed by atoms with Crippen molar-refractivity contribution in [3.8, 4) is 33.8 Å². The molecule has 0 bridgehead atoms. The Hall–Kier alpha value is -10.4. The predicted octanol–water partition coefficient (Wildman–Crippen LogP) is 18.7. The summed E-state index contributed by atoms with van der Waals surface area (Å²) in [5.41, 5.74) is 26.8. The van der Waals surface area contributed by atoms with Gasteiger partial charge >= 0.3 is 0 Å². The van der Waals surface area contributed by atoms with Crippen LogP contribution in [0.2, 0.25) is 5.82 Å². The number of hydrogen-bond donors (Lipinski definition) is 0. The molecule has 0 amide bonds. The van der Waals surface area contributed by atoms with Gasteiger partial charge in [0.05, 0.1) is 11.4 Å². The average Bonchev–Trinajstić information content (AvgIpc) is 0.877. The third-order valence-corrected chi connectivity index (χ3v) is 19.7. The number of para-hydroxylation sites is 8. The molecule has 0 saturated carbocycles. The molecular weight excluding hydrogens is 1090 g/mol. The van der Waals surface area contributed by atoms with Crippen molar-refractivity contribution in [2.75, 3.05) is 19.6 Å². The number of allylic oxidation sites excluding steroid dienone is 2. The highest BCUT2D eigenvalue weighted by Gasteiger charge is 2.52. The monoisotopic (exact) mass is 1140 g/mol. The number of anilines is 11. The molecule has 4 heterocycles. The van der Waals surface area contributed by atoms with E-state index in [1.165, 1.54) is 55.0 Å². The molecule has 4 aliphatic heterocycles. The topological polar surface area (TPSA) is 22.2 Å². The second kappa shape index (κ2) is 21.2. The zero-order valence-electron chi connectivity index (χ0n) is 48.8. The molecule has 0 radical (unpaired) electrons. The van der Waals surface area contributed by atoms with Gasteiger partial charge in [-0.25, -0.2) is 0 Å². The van der Waals surface area contributed by atoms with Crippen LogP contribution < -0.4 is 46.2 Å². The smallest absolute Gasteiger partial charge is 0.255 e. The predicted molar refractivity (Wildman–Crippen MR) is 372 cm³/mol. The van der Waals surface area contributed by atoms with Crippen molar-refractivity contribution in [1.82, 2.24) is 0 Å². The normalized spacial score (nSPS) is 15.5. The lowest BCUT2D eigenvalue weighted by Crippen LogP contribution is -2.59. The zero-order valence-corrected chi connectivity index (χ0v) is 49.6. The highest BCUT2D eigenvalue weighted by Crippen LogP contribution is 2.57. The second-order valence-corrected chi connectivity index (χ2v) is 24.9. The standard InChI is InChI=1S/C80H58B2N4OS/c1-53-39-43-55(44-40-53)64-33-22-34-65(56-45-41-54(2)42-46-56)80(64)86-71-52-76-69(51-68(71)82-67-36-19-21-38-74(67)87-75-49-62(47-72(86)78(75)82)83(57-23-8-3-9-24-57)58-25-10-4-11-26-58)81-66-35-18-20-37-70(66)85(61-31-16-7-17-32-61)73-48-63(50-77(88-76)79(73)81)84(59-27-12-5-13-28-59)60-29-14-6-15-30-60/h3-52,69,76H,1-2H3. The summed E-state index contributed by atoms with van der Waals surface area (Å²) in [5.74, 6) is 1.80. The fraction of sp³-hybridized carbons (Fsp3) is 0.0500. The molecule has 0 saturated heterocycles. The Morgan fingerprint density at radius 2 is 0.886 bits per heavy atom. The van der Waals surface area contributed by atoms with Gasteiger partial charge in [0.2, 0.25) is 6.71 Å². The van der Waals surface area contributed by atoms with E-state index in [9.17, 15) is 0 Å². The number of rotatable bonds is 10. The molecule has 17 rings (SSSR count). The van der Waals surface area contributed by atoms with Crippen molar-refractivity contribution >= 4 is 110 Å². The molecule has 12 aromatic rings. The average molecular weight is 1150 g/mol. The molecule has 1 aliphatic carbocycles. The third kappa shape index (κ3) is 8.57. The molecule has 0 fully saturated rings. The lowest BCUT2D eigenvalue weighted by atomic mass is 9.28. The van der Waals surface area contributed by atoms with E-state index in [1.54, 1.807) is 0 Å². The van der Waals surface area contributed by atoms with E-state index in [2.05, 4.69) is 337 Å². The third-order valence-electron chi connectivity index (χ3n) is 18.4. The first-order valence-corrected chi connectivity index (χ1v) is 31.4. The molecule has 12 aromatic carbocycles. The first-order valence-electron chi connectivity index (χ1n) is 30.5. The Morgan fingerprint density at radius 1 is 0.398 bits per heavy atom.